The van der Waals surface area contributed by atoms with Gasteiger partial charge in [0.2, 0.25) is 11.8 Å². The minimum atomic E-state index is -0.702. The van der Waals surface area contributed by atoms with Gasteiger partial charge in [-0.05, 0) is 6.42 Å². The van der Waals surface area contributed by atoms with Gasteiger partial charge in [-0.2, -0.15) is 12.6 Å². The van der Waals surface area contributed by atoms with E-state index in [9.17, 15) is 9.59 Å². The van der Waals surface area contributed by atoms with Gasteiger partial charge in [0.15, 0.2) is 0 Å². The Morgan fingerprint density at radius 3 is 2.44 bits per heavy atom. The minimum absolute atomic E-state index is 0.237. The van der Waals surface area contributed by atoms with Crippen molar-refractivity contribution in [3.05, 3.63) is 0 Å². The van der Waals surface area contributed by atoms with Crippen LogP contribution in [-0.4, -0.2) is 23.6 Å². The van der Waals surface area contributed by atoms with Gasteiger partial charge in [-0.3, -0.25) is 14.9 Å². The van der Waals surface area contributed by atoms with E-state index in [1.165, 1.54) is 12.8 Å². The number of nitrogens with two attached hydrogens (primary N) is 1. The zero-order chi connectivity index (χ0) is 12.4. The zero-order valence-corrected chi connectivity index (χ0v) is 10.8. The van der Waals surface area contributed by atoms with Crippen LogP contribution in [0.15, 0.2) is 0 Å². The van der Waals surface area contributed by atoms with Gasteiger partial charge in [0.25, 0.3) is 0 Å². The molecule has 0 bridgehead atoms. The van der Waals surface area contributed by atoms with Crippen LogP contribution in [0, 0.1) is 0 Å². The normalized spacial score (nSPS) is 12.2. The van der Waals surface area contributed by atoms with Gasteiger partial charge in [-0.1, -0.05) is 32.6 Å². The van der Waals surface area contributed by atoms with Gasteiger partial charge in [0, 0.05) is 12.2 Å². The molecule has 0 saturated heterocycles. The standard InChI is InChI=1S/C11H22N2O2S/c1-2-3-4-5-6-7-10(14)13-11(15)9(12)8-16/h9,16H,2-8,12H2,1H3,(H,13,14,15)/t9-/m0/s1. The Balaban J connectivity index is 3.55. The number of rotatable bonds is 8. The summed E-state index contributed by atoms with van der Waals surface area (Å²) in [5, 5.41) is 2.27. The van der Waals surface area contributed by atoms with Crippen molar-refractivity contribution in [3.8, 4) is 0 Å². The average Bonchev–Trinajstić information content (AvgIpc) is 2.27. The highest BCUT2D eigenvalue weighted by Gasteiger charge is 2.13. The summed E-state index contributed by atoms with van der Waals surface area (Å²) in [7, 11) is 0. The SMILES string of the molecule is CCCCCCCC(=O)NC(=O)[C@@H](N)CS. The Kier molecular flexibility index (Phi) is 9.33. The predicted octanol–water partition coefficient (Wildman–Crippen LogP) is 1.25. The van der Waals surface area contributed by atoms with Gasteiger partial charge in [0.05, 0.1) is 6.04 Å². The van der Waals surface area contributed by atoms with Gasteiger partial charge in [0.1, 0.15) is 0 Å². The number of hydrogen-bond acceptors (Lipinski definition) is 4. The van der Waals surface area contributed by atoms with E-state index < -0.39 is 11.9 Å². The summed E-state index contributed by atoms with van der Waals surface area (Å²) in [6.45, 7) is 2.14. The van der Waals surface area contributed by atoms with Crippen LogP contribution in [0.1, 0.15) is 45.4 Å². The second kappa shape index (κ2) is 9.66. The molecule has 0 saturated carbocycles. The lowest BCUT2D eigenvalue weighted by atomic mass is 10.1. The number of nitrogens with one attached hydrogen (secondary N) is 1. The van der Waals surface area contributed by atoms with Gasteiger partial charge in [-0.25, -0.2) is 0 Å². The Morgan fingerprint density at radius 2 is 1.88 bits per heavy atom. The number of amides is 2. The monoisotopic (exact) mass is 246 g/mol. The van der Waals surface area contributed by atoms with Crippen LogP contribution in [0.2, 0.25) is 0 Å². The van der Waals surface area contributed by atoms with E-state index in [0.717, 1.165) is 19.3 Å². The first-order valence-electron chi connectivity index (χ1n) is 5.82. The third kappa shape index (κ3) is 7.70. The van der Waals surface area contributed by atoms with Crippen LogP contribution in [0.5, 0.6) is 0 Å². The quantitative estimate of drug-likeness (QED) is 0.446. The van der Waals surface area contributed by atoms with Gasteiger partial charge < -0.3 is 5.73 Å². The molecular formula is C11H22N2O2S. The molecule has 0 heterocycles. The molecule has 16 heavy (non-hydrogen) atoms. The highest BCUT2D eigenvalue weighted by molar-refractivity contribution is 7.80. The Bertz CT molecular complexity index is 222. The minimum Gasteiger partial charge on any atom is -0.319 e. The first kappa shape index (κ1) is 15.4. The lowest BCUT2D eigenvalue weighted by molar-refractivity contribution is -0.130. The van der Waals surface area contributed by atoms with E-state index in [4.69, 9.17) is 5.73 Å². The summed E-state index contributed by atoms with van der Waals surface area (Å²) in [5.74, 6) is -0.428. The predicted molar refractivity (Wildman–Crippen MR) is 68.4 cm³/mol. The maximum absolute atomic E-state index is 11.3. The molecule has 0 spiro atoms. The number of imide groups is 1. The Labute approximate surface area is 103 Å². The number of carbonyl (C=O) groups excluding carboxylic acids is 2. The highest BCUT2D eigenvalue weighted by atomic mass is 32.1. The lowest BCUT2D eigenvalue weighted by Gasteiger charge is -2.08. The molecule has 0 fully saturated rings. The van der Waals surface area contributed by atoms with Crippen molar-refractivity contribution in [2.45, 2.75) is 51.5 Å². The third-order valence-corrected chi connectivity index (χ3v) is 2.70. The van der Waals surface area contributed by atoms with E-state index >= 15 is 0 Å². The molecule has 0 aliphatic carbocycles. The second-order valence-electron chi connectivity index (χ2n) is 3.87. The summed E-state index contributed by atoms with van der Waals surface area (Å²) < 4.78 is 0. The molecule has 5 heteroatoms. The van der Waals surface area contributed by atoms with Crippen LogP contribution in [-0.2, 0) is 9.59 Å². The molecule has 0 aromatic rings. The topological polar surface area (TPSA) is 72.2 Å². The van der Waals surface area contributed by atoms with E-state index in [-0.39, 0.29) is 11.7 Å². The molecule has 0 aliphatic heterocycles. The Hall–Kier alpha value is -0.550. The molecule has 0 aromatic heterocycles. The van der Waals surface area contributed by atoms with Crippen LogP contribution in [0.3, 0.4) is 0 Å². The maximum Gasteiger partial charge on any atom is 0.244 e. The van der Waals surface area contributed by atoms with Gasteiger partial charge >= 0.3 is 0 Å². The fourth-order valence-electron chi connectivity index (χ4n) is 1.26. The van der Waals surface area contributed by atoms with Crippen molar-refractivity contribution < 1.29 is 9.59 Å². The zero-order valence-electron chi connectivity index (χ0n) is 9.87. The summed E-state index contributed by atoms with van der Waals surface area (Å²) in [4.78, 5) is 22.5. The number of hydrogen-bond donors (Lipinski definition) is 3. The van der Waals surface area contributed by atoms with Crippen LogP contribution < -0.4 is 11.1 Å². The van der Waals surface area contributed by atoms with E-state index in [2.05, 4.69) is 24.9 Å². The highest BCUT2D eigenvalue weighted by Crippen LogP contribution is 2.04. The van der Waals surface area contributed by atoms with Crippen molar-refractivity contribution in [2.75, 3.05) is 5.75 Å². The molecule has 0 radical (unpaired) electrons. The summed E-state index contributed by atoms with van der Waals surface area (Å²) in [6.07, 6.45) is 5.79. The van der Waals surface area contributed by atoms with Gasteiger partial charge in [-0.15, -0.1) is 0 Å². The van der Waals surface area contributed by atoms with Crippen molar-refractivity contribution in [2.24, 2.45) is 5.73 Å². The molecular weight excluding hydrogens is 224 g/mol. The molecule has 0 aromatic carbocycles. The third-order valence-electron chi connectivity index (χ3n) is 2.30. The first-order valence-corrected chi connectivity index (χ1v) is 6.45. The summed E-state index contributed by atoms with van der Waals surface area (Å²) >= 11 is 3.89. The smallest absolute Gasteiger partial charge is 0.244 e. The fraction of sp³-hybridized carbons (Fsp3) is 0.818. The second-order valence-corrected chi connectivity index (χ2v) is 4.23. The summed E-state index contributed by atoms with van der Waals surface area (Å²) in [5.41, 5.74) is 5.42. The van der Waals surface area contributed by atoms with E-state index in [0.29, 0.717) is 6.42 Å². The number of carbonyl (C=O) groups is 2. The largest absolute Gasteiger partial charge is 0.319 e. The molecule has 4 nitrogen and oxygen atoms in total. The van der Waals surface area contributed by atoms with Crippen LogP contribution in [0.4, 0.5) is 0 Å². The first-order chi connectivity index (χ1) is 7.61. The van der Waals surface area contributed by atoms with Crippen molar-refractivity contribution in [3.63, 3.8) is 0 Å². The number of thiol groups is 1. The molecule has 1 atom stereocenters. The summed E-state index contributed by atoms with van der Waals surface area (Å²) in [6, 6.07) is -0.702. The average molecular weight is 246 g/mol. The maximum atomic E-state index is 11.3. The molecule has 0 unspecified atom stereocenters. The fourth-order valence-corrected chi connectivity index (χ4v) is 1.43. The van der Waals surface area contributed by atoms with Crippen molar-refractivity contribution in [1.29, 1.82) is 0 Å². The van der Waals surface area contributed by atoms with E-state index in [1.807, 2.05) is 0 Å². The lowest BCUT2D eigenvalue weighted by Crippen LogP contribution is -2.44. The molecule has 3 N–H and O–H groups in total. The molecule has 0 aliphatic rings. The van der Waals surface area contributed by atoms with E-state index in [1.54, 1.807) is 0 Å². The number of unbranched alkanes of at least 4 members (excludes halogenated alkanes) is 4. The molecule has 0 rings (SSSR count). The van der Waals surface area contributed by atoms with Crippen molar-refractivity contribution >= 4 is 24.4 Å². The molecule has 2 amide bonds. The molecule has 94 valence electrons. The Morgan fingerprint density at radius 1 is 1.25 bits per heavy atom. The van der Waals surface area contributed by atoms with Crippen LogP contribution in [0.25, 0.3) is 0 Å². The van der Waals surface area contributed by atoms with Crippen LogP contribution >= 0.6 is 12.6 Å². The van der Waals surface area contributed by atoms with Crippen molar-refractivity contribution in [1.82, 2.24) is 5.32 Å².